The number of benzene rings is 2. The number of para-hydroxylation sites is 1. The lowest BCUT2D eigenvalue weighted by molar-refractivity contribution is -0.384. The minimum Gasteiger partial charge on any atom is -0.454 e. The molecule has 0 amide bonds. The van der Waals surface area contributed by atoms with Crippen LogP contribution in [0.2, 0.25) is 0 Å². The summed E-state index contributed by atoms with van der Waals surface area (Å²) in [5.74, 6) is -1.29. The number of rotatable bonds is 9. The van der Waals surface area contributed by atoms with Gasteiger partial charge in [0, 0.05) is 25.1 Å². The van der Waals surface area contributed by atoms with Crippen LogP contribution in [0.25, 0.3) is 11.0 Å². The number of carbonyl (C=O) groups is 2. The first-order chi connectivity index (χ1) is 14.0. The average molecular weight is 398 g/mol. The van der Waals surface area contributed by atoms with Gasteiger partial charge in [0.2, 0.25) is 5.78 Å². The number of nitro benzene ring substituents is 1. The predicted molar refractivity (Wildman–Crippen MR) is 104 cm³/mol. The van der Waals surface area contributed by atoms with Crippen molar-refractivity contribution in [2.24, 2.45) is 0 Å². The highest BCUT2D eigenvalue weighted by atomic mass is 16.6. The van der Waals surface area contributed by atoms with E-state index in [1.54, 1.807) is 24.3 Å². The molecule has 1 aromatic heterocycles. The smallest absolute Gasteiger partial charge is 0.338 e. The van der Waals surface area contributed by atoms with E-state index in [1.165, 1.54) is 19.2 Å². The molecule has 0 fully saturated rings. The van der Waals surface area contributed by atoms with Crippen molar-refractivity contribution >= 4 is 34.1 Å². The van der Waals surface area contributed by atoms with E-state index in [0.29, 0.717) is 18.7 Å². The quantitative estimate of drug-likeness (QED) is 0.191. The molecule has 0 aliphatic heterocycles. The number of methoxy groups -OCH3 is 1. The second kappa shape index (κ2) is 8.98. The fourth-order valence-corrected chi connectivity index (χ4v) is 2.65. The Bertz CT molecular complexity index is 1020. The van der Waals surface area contributed by atoms with Crippen LogP contribution in [0.4, 0.5) is 11.4 Å². The van der Waals surface area contributed by atoms with E-state index in [-0.39, 0.29) is 22.7 Å². The number of nitro groups is 1. The number of hydrogen-bond donors (Lipinski definition) is 1. The molecule has 0 aliphatic carbocycles. The van der Waals surface area contributed by atoms with Crippen molar-refractivity contribution in [3.05, 3.63) is 70.0 Å². The first-order valence-corrected chi connectivity index (χ1v) is 8.69. The van der Waals surface area contributed by atoms with Gasteiger partial charge in [-0.05, 0) is 24.3 Å². The van der Waals surface area contributed by atoms with E-state index in [2.05, 4.69) is 5.32 Å². The molecule has 9 heteroatoms. The van der Waals surface area contributed by atoms with E-state index in [0.717, 1.165) is 11.5 Å². The monoisotopic (exact) mass is 398 g/mol. The Morgan fingerprint density at radius 2 is 1.97 bits per heavy atom. The number of carbonyl (C=O) groups excluding carboxylic acids is 2. The maximum absolute atomic E-state index is 12.2. The van der Waals surface area contributed by atoms with Crippen LogP contribution in [0.5, 0.6) is 0 Å². The molecule has 0 aliphatic rings. The summed E-state index contributed by atoms with van der Waals surface area (Å²) in [6.45, 7) is 0.193. The Morgan fingerprint density at radius 3 is 2.69 bits per heavy atom. The Labute approximate surface area is 165 Å². The first kappa shape index (κ1) is 20.0. The van der Waals surface area contributed by atoms with Gasteiger partial charge in [0.15, 0.2) is 12.4 Å². The predicted octanol–water partition coefficient (Wildman–Crippen LogP) is 3.44. The highest BCUT2D eigenvalue weighted by molar-refractivity contribution is 6.00. The molecule has 0 spiro atoms. The molecule has 3 rings (SSSR count). The van der Waals surface area contributed by atoms with Gasteiger partial charge >= 0.3 is 5.97 Å². The van der Waals surface area contributed by atoms with Crippen LogP contribution in [0, 0.1) is 10.1 Å². The Balaban J connectivity index is 1.67. The average Bonchev–Trinajstić information content (AvgIpc) is 3.16. The molecule has 150 valence electrons. The van der Waals surface area contributed by atoms with Crippen LogP contribution < -0.4 is 5.32 Å². The molecule has 1 heterocycles. The van der Waals surface area contributed by atoms with Gasteiger partial charge in [-0.25, -0.2) is 4.79 Å². The van der Waals surface area contributed by atoms with Crippen molar-refractivity contribution in [2.45, 2.75) is 0 Å². The lowest BCUT2D eigenvalue weighted by Crippen LogP contribution is -2.14. The van der Waals surface area contributed by atoms with Crippen molar-refractivity contribution in [3.63, 3.8) is 0 Å². The van der Waals surface area contributed by atoms with Gasteiger partial charge in [-0.15, -0.1) is 0 Å². The van der Waals surface area contributed by atoms with E-state index in [9.17, 15) is 19.7 Å². The van der Waals surface area contributed by atoms with Crippen molar-refractivity contribution < 1.29 is 28.4 Å². The summed E-state index contributed by atoms with van der Waals surface area (Å²) in [7, 11) is 1.52. The molecule has 0 radical (unpaired) electrons. The van der Waals surface area contributed by atoms with E-state index in [4.69, 9.17) is 13.9 Å². The second-order valence-electron chi connectivity index (χ2n) is 6.06. The fourth-order valence-electron chi connectivity index (χ4n) is 2.65. The molecule has 0 saturated carbocycles. The molecule has 9 nitrogen and oxygen atoms in total. The summed E-state index contributed by atoms with van der Waals surface area (Å²) in [4.78, 5) is 35.1. The van der Waals surface area contributed by atoms with E-state index in [1.807, 2.05) is 6.07 Å². The number of hydrogen-bond acceptors (Lipinski definition) is 8. The van der Waals surface area contributed by atoms with Crippen molar-refractivity contribution in [1.82, 2.24) is 0 Å². The lowest BCUT2D eigenvalue weighted by atomic mass is 10.1. The van der Waals surface area contributed by atoms with Gasteiger partial charge in [-0.3, -0.25) is 14.9 Å². The van der Waals surface area contributed by atoms with Crippen LogP contribution >= 0.6 is 0 Å². The molecular formula is C20H18N2O7. The number of fused-ring (bicyclic) bond motifs is 1. The first-order valence-electron chi connectivity index (χ1n) is 8.69. The molecule has 1 N–H and O–H groups in total. The molecular weight excluding hydrogens is 380 g/mol. The maximum atomic E-state index is 12.2. The van der Waals surface area contributed by atoms with Crippen LogP contribution in [0.3, 0.4) is 0 Å². The zero-order valence-electron chi connectivity index (χ0n) is 15.5. The highest BCUT2D eigenvalue weighted by Gasteiger charge is 2.20. The summed E-state index contributed by atoms with van der Waals surface area (Å²) in [5, 5.41) is 14.9. The second-order valence-corrected chi connectivity index (χ2v) is 6.06. The van der Waals surface area contributed by atoms with Crippen LogP contribution in [-0.4, -0.2) is 43.5 Å². The molecule has 2 aromatic carbocycles. The third-order valence-electron chi connectivity index (χ3n) is 4.09. The topological polar surface area (TPSA) is 121 Å². The minimum absolute atomic E-state index is 0.0357. The van der Waals surface area contributed by atoms with Crippen LogP contribution in [0.1, 0.15) is 20.9 Å². The molecule has 0 bridgehead atoms. The highest BCUT2D eigenvalue weighted by Crippen LogP contribution is 2.26. The number of ketones is 1. The number of nitrogens with zero attached hydrogens (tertiary/aromatic N) is 1. The number of anilines is 1. The number of Topliss-reactive ketones (excluding diaryl/α,β-unsaturated/α-hetero) is 1. The van der Waals surface area contributed by atoms with Crippen molar-refractivity contribution in [3.8, 4) is 0 Å². The molecule has 0 unspecified atom stereocenters. The summed E-state index contributed by atoms with van der Waals surface area (Å²) >= 11 is 0. The van der Waals surface area contributed by atoms with Crippen molar-refractivity contribution in [2.75, 3.05) is 32.2 Å². The van der Waals surface area contributed by atoms with Gasteiger partial charge < -0.3 is 19.2 Å². The minimum atomic E-state index is -0.846. The number of furan rings is 1. The zero-order valence-corrected chi connectivity index (χ0v) is 15.5. The lowest BCUT2D eigenvalue weighted by Gasteiger charge is -2.08. The maximum Gasteiger partial charge on any atom is 0.338 e. The Kier molecular flexibility index (Phi) is 6.20. The summed E-state index contributed by atoms with van der Waals surface area (Å²) in [6, 6.07) is 12.6. The summed E-state index contributed by atoms with van der Waals surface area (Å²) in [6.07, 6.45) is 0. The van der Waals surface area contributed by atoms with E-state index >= 15 is 0 Å². The number of ether oxygens (including phenoxy) is 2. The number of esters is 1. The van der Waals surface area contributed by atoms with Gasteiger partial charge in [0.1, 0.15) is 11.3 Å². The Morgan fingerprint density at radius 1 is 1.17 bits per heavy atom. The standard InChI is InChI=1S/C20H18N2O7/c1-27-9-8-21-15-7-6-14(10-16(15)22(25)26)20(24)28-12-17(23)19-11-13-4-2-3-5-18(13)29-19/h2-7,10-11,21H,8-9,12H2,1H3. The van der Waals surface area contributed by atoms with Gasteiger partial charge in [0.25, 0.3) is 5.69 Å². The third kappa shape index (κ3) is 4.77. The third-order valence-corrected chi connectivity index (χ3v) is 4.09. The molecule has 0 atom stereocenters. The zero-order chi connectivity index (χ0) is 20.8. The fraction of sp³-hybridized carbons (Fsp3) is 0.200. The molecule has 29 heavy (non-hydrogen) atoms. The Hall–Kier alpha value is -3.72. The summed E-state index contributed by atoms with van der Waals surface area (Å²) < 4.78 is 15.3. The summed E-state index contributed by atoms with van der Waals surface area (Å²) in [5.41, 5.74) is 0.488. The largest absolute Gasteiger partial charge is 0.454 e. The van der Waals surface area contributed by atoms with E-state index < -0.39 is 23.3 Å². The molecule has 3 aromatic rings. The molecule has 0 saturated heterocycles. The van der Waals surface area contributed by atoms with Crippen molar-refractivity contribution in [1.29, 1.82) is 0 Å². The van der Waals surface area contributed by atoms with Crippen LogP contribution in [-0.2, 0) is 9.47 Å². The normalized spacial score (nSPS) is 10.7. The van der Waals surface area contributed by atoms with Gasteiger partial charge in [-0.1, -0.05) is 18.2 Å². The van der Waals surface area contributed by atoms with Gasteiger partial charge in [0.05, 0.1) is 17.1 Å². The van der Waals surface area contributed by atoms with Gasteiger partial charge in [-0.2, -0.15) is 0 Å². The SMILES string of the molecule is COCCNc1ccc(C(=O)OCC(=O)c2cc3ccccc3o2)cc1[N+](=O)[O-]. The number of nitrogens with one attached hydrogen (secondary N) is 1. The van der Waals surface area contributed by atoms with Crippen LogP contribution in [0.15, 0.2) is 52.9 Å².